The quantitative estimate of drug-likeness (QED) is 0.0348. The van der Waals surface area contributed by atoms with Crippen LogP contribution >= 0.6 is 0 Å². The molecule has 1 saturated heterocycles. The number of carbonyl (C=O) groups excluding carboxylic acids is 3. The monoisotopic (exact) mass is 842 g/mol. The Kier molecular flexibility index (Phi) is 16.2. The summed E-state index contributed by atoms with van der Waals surface area (Å²) < 4.78 is 39.8. The van der Waals surface area contributed by atoms with Crippen molar-refractivity contribution in [3.05, 3.63) is 168 Å². The van der Waals surface area contributed by atoms with Crippen molar-refractivity contribution in [2.45, 2.75) is 102 Å². The summed E-state index contributed by atoms with van der Waals surface area (Å²) in [6.45, 7) is 8.89. The van der Waals surface area contributed by atoms with Crippen LogP contribution in [0.5, 0.6) is 0 Å². The highest BCUT2D eigenvalue weighted by molar-refractivity contribution is 6.99. The molecule has 320 valence electrons. The fraction of sp³-hybridized carbons (Fsp3) is 0.353. The molecule has 6 rings (SSSR count). The predicted octanol–water partition coefficient (Wildman–Crippen LogP) is 9.34. The van der Waals surface area contributed by atoms with E-state index in [-0.39, 0.29) is 29.9 Å². The fourth-order valence-corrected chi connectivity index (χ4v) is 12.5. The predicted molar refractivity (Wildman–Crippen MR) is 238 cm³/mol. The minimum atomic E-state index is -3.18. The van der Waals surface area contributed by atoms with Gasteiger partial charge >= 0.3 is 17.9 Å². The van der Waals surface area contributed by atoms with Crippen LogP contribution in [0.3, 0.4) is 0 Å². The first-order valence-corrected chi connectivity index (χ1v) is 23.3. The number of hydrogen-bond donors (Lipinski definition) is 0. The largest absolute Gasteiger partial charge is 0.452 e. The zero-order valence-electron chi connectivity index (χ0n) is 35.7. The van der Waals surface area contributed by atoms with E-state index < -0.39 is 62.0 Å². The molecule has 0 unspecified atom stereocenters. The molecule has 0 saturated carbocycles. The van der Waals surface area contributed by atoms with Crippen LogP contribution in [-0.2, 0) is 28.1 Å². The molecule has 5 aromatic carbocycles. The Morgan fingerprint density at radius 2 is 0.918 bits per heavy atom. The maximum absolute atomic E-state index is 14.1. The molecule has 0 aromatic heterocycles. The van der Waals surface area contributed by atoms with Gasteiger partial charge in [-0.1, -0.05) is 175 Å². The van der Waals surface area contributed by atoms with E-state index in [9.17, 15) is 14.4 Å². The van der Waals surface area contributed by atoms with Gasteiger partial charge in [0.1, 0.15) is 6.10 Å². The Hall–Kier alpha value is -5.39. The van der Waals surface area contributed by atoms with Gasteiger partial charge in [0.25, 0.3) is 8.32 Å². The Morgan fingerprint density at radius 1 is 0.525 bits per heavy atom. The molecule has 1 fully saturated rings. The summed E-state index contributed by atoms with van der Waals surface area (Å²) in [5.74, 6) is -2.06. The molecule has 0 aliphatic carbocycles. The van der Waals surface area contributed by atoms with Crippen LogP contribution in [0.15, 0.2) is 152 Å². The summed E-state index contributed by atoms with van der Waals surface area (Å²) in [5.41, 5.74) is 0.821. The highest BCUT2D eigenvalue weighted by Crippen LogP contribution is 2.38. The number of ether oxygens (including phenoxy) is 5. The molecular weight excluding hydrogens is 785 g/mol. The van der Waals surface area contributed by atoms with Gasteiger partial charge in [-0.25, -0.2) is 14.4 Å². The number of unbranched alkanes of at least 4 members (excludes halogenated alkanes) is 5. The van der Waals surface area contributed by atoms with Crippen molar-refractivity contribution < 1.29 is 42.5 Å². The van der Waals surface area contributed by atoms with E-state index in [1.807, 2.05) is 36.4 Å². The third kappa shape index (κ3) is 11.5. The number of hydrogen-bond acceptors (Lipinski definition) is 9. The van der Waals surface area contributed by atoms with Crippen molar-refractivity contribution in [1.29, 1.82) is 0 Å². The van der Waals surface area contributed by atoms with Crippen molar-refractivity contribution in [3.8, 4) is 0 Å². The van der Waals surface area contributed by atoms with Crippen molar-refractivity contribution >= 4 is 36.6 Å². The van der Waals surface area contributed by atoms with Crippen LogP contribution in [0.1, 0.15) is 97.3 Å². The second-order valence-corrected chi connectivity index (χ2v) is 20.7. The maximum atomic E-state index is 14.1. The first-order chi connectivity index (χ1) is 29.6. The van der Waals surface area contributed by atoms with Gasteiger partial charge in [0, 0.05) is 6.61 Å². The molecule has 61 heavy (non-hydrogen) atoms. The summed E-state index contributed by atoms with van der Waals surface area (Å²) in [5, 5.41) is 1.68. The summed E-state index contributed by atoms with van der Waals surface area (Å²) in [6.07, 6.45) is -0.186. The van der Waals surface area contributed by atoms with Crippen molar-refractivity contribution in [2.75, 3.05) is 13.2 Å². The maximum Gasteiger partial charge on any atom is 0.338 e. The SMILES string of the molecule is CCCCCCCCO[C@H]1O[C@H](CO[Si](c2ccccc2)(c2ccccc2)C(C)(C)C)[C@@H](OC(=O)c2ccccc2)[C@H](OC(=O)c2ccccc2)[C@@H]1OC(=O)c1ccccc1. The molecule has 10 heteroatoms. The zero-order valence-corrected chi connectivity index (χ0v) is 36.7. The van der Waals surface area contributed by atoms with Crippen molar-refractivity contribution in [1.82, 2.24) is 0 Å². The van der Waals surface area contributed by atoms with Crippen LogP contribution in [0.4, 0.5) is 0 Å². The first kappa shape index (κ1) is 45.1. The average molecular weight is 843 g/mol. The lowest BCUT2D eigenvalue weighted by Gasteiger charge is -2.47. The normalized spacial score (nSPS) is 19.1. The van der Waals surface area contributed by atoms with Crippen LogP contribution in [0, 0.1) is 0 Å². The third-order valence-corrected chi connectivity index (χ3v) is 16.0. The van der Waals surface area contributed by atoms with Crippen molar-refractivity contribution in [2.24, 2.45) is 0 Å². The third-order valence-electron chi connectivity index (χ3n) is 11.0. The average Bonchev–Trinajstić information content (AvgIpc) is 3.29. The molecule has 9 nitrogen and oxygen atoms in total. The second-order valence-electron chi connectivity index (χ2n) is 16.4. The van der Waals surface area contributed by atoms with Gasteiger partial charge in [-0.15, -0.1) is 0 Å². The molecule has 1 aliphatic heterocycles. The molecule has 0 spiro atoms. The standard InChI is InChI=1S/C51H58O9Si/c1-5-6-7-8-9-25-36-55-50-46(60-49(54)40-30-19-12-20-31-40)45(59-48(53)39-28-17-11-18-29-39)44(58-47(52)38-26-15-10-16-27-38)43(57-50)37-56-61(51(2,3)4,41-32-21-13-22-33-41)42-34-23-14-24-35-42/h10-24,26-35,43-46,50H,5-9,25,36-37H2,1-4H3/t43-,44-,45+,46+,50+/m1/s1. The smallest absolute Gasteiger partial charge is 0.338 e. The van der Waals surface area contributed by atoms with E-state index >= 15 is 0 Å². The number of benzene rings is 5. The number of rotatable bonds is 19. The summed E-state index contributed by atoms with van der Waals surface area (Å²) in [7, 11) is -3.18. The minimum absolute atomic E-state index is 0.0877. The Morgan fingerprint density at radius 3 is 1.36 bits per heavy atom. The molecule has 0 N–H and O–H groups in total. The van der Waals surface area contributed by atoms with Gasteiger partial charge in [0.15, 0.2) is 24.6 Å². The Labute approximate surface area is 361 Å². The number of carbonyl (C=O) groups is 3. The molecule has 5 atom stereocenters. The summed E-state index contributed by atoms with van der Waals surface area (Å²) in [4.78, 5) is 42.2. The van der Waals surface area contributed by atoms with E-state index in [4.69, 9.17) is 28.1 Å². The molecule has 5 aromatic rings. The van der Waals surface area contributed by atoms with E-state index in [0.29, 0.717) is 0 Å². The summed E-state index contributed by atoms with van der Waals surface area (Å²) in [6, 6.07) is 46.0. The van der Waals surface area contributed by atoms with Gasteiger partial charge in [-0.05, 0) is 58.2 Å². The first-order valence-electron chi connectivity index (χ1n) is 21.4. The van der Waals surface area contributed by atoms with E-state index in [2.05, 4.69) is 52.0 Å². The van der Waals surface area contributed by atoms with E-state index in [1.165, 1.54) is 0 Å². The Bertz CT molecular complexity index is 2050. The molecule has 0 radical (unpaired) electrons. The summed E-state index contributed by atoms with van der Waals surface area (Å²) >= 11 is 0. The second kappa shape index (κ2) is 21.9. The van der Waals surface area contributed by atoms with Gasteiger partial charge in [0.05, 0.1) is 23.3 Å². The highest BCUT2D eigenvalue weighted by atomic mass is 28.4. The van der Waals surface area contributed by atoms with Crippen LogP contribution < -0.4 is 10.4 Å². The lowest BCUT2D eigenvalue weighted by atomic mass is 9.97. The van der Waals surface area contributed by atoms with Crippen molar-refractivity contribution in [3.63, 3.8) is 0 Å². The molecule has 0 bridgehead atoms. The van der Waals surface area contributed by atoms with Gasteiger partial charge in [-0.3, -0.25) is 0 Å². The molecular formula is C51H58O9Si. The van der Waals surface area contributed by atoms with E-state index in [1.54, 1.807) is 91.0 Å². The zero-order chi connectivity index (χ0) is 43.1. The van der Waals surface area contributed by atoms with Crippen LogP contribution in [0.2, 0.25) is 5.04 Å². The highest BCUT2D eigenvalue weighted by Gasteiger charge is 2.56. The lowest BCUT2D eigenvalue weighted by molar-refractivity contribution is -0.298. The van der Waals surface area contributed by atoms with Crippen LogP contribution in [-0.4, -0.2) is 70.1 Å². The van der Waals surface area contributed by atoms with Crippen LogP contribution in [0.25, 0.3) is 0 Å². The van der Waals surface area contributed by atoms with Gasteiger partial charge in [-0.2, -0.15) is 0 Å². The Balaban J connectivity index is 1.45. The molecule has 1 aliphatic rings. The lowest BCUT2D eigenvalue weighted by Crippen LogP contribution is -2.69. The molecule has 0 amide bonds. The minimum Gasteiger partial charge on any atom is -0.452 e. The molecule has 1 heterocycles. The van der Waals surface area contributed by atoms with Gasteiger partial charge < -0.3 is 28.1 Å². The van der Waals surface area contributed by atoms with Gasteiger partial charge in [0.2, 0.25) is 0 Å². The van der Waals surface area contributed by atoms with E-state index in [0.717, 1.165) is 48.9 Å². The number of esters is 3. The topological polar surface area (TPSA) is 107 Å². The fourth-order valence-electron chi connectivity index (χ4n) is 7.90.